The van der Waals surface area contributed by atoms with E-state index in [-0.39, 0.29) is 17.5 Å². The van der Waals surface area contributed by atoms with Gasteiger partial charge >= 0.3 is 0 Å². The normalized spacial score (nSPS) is 16.7. The molecule has 3 aliphatic rings. The molecule has 4 heterocycles. The summed E-state index contributed by atoms with van der Waals surface area (Å²) >= 11 is 1.95. The van der Waals surface area contributed by atoms with Crippen molar-refractivity contribution in [2.24, 2.45) is 0 Å². The molecule has 0 spiro atoms. The summed E-state index contributed by atoms with van der Waals surface area (Å²) in [6, 6.07) is 47.3. The molecule has 0 saturated heterocycles. The van der Waals surface area contributed by atoms with Crippen molar-refractivity contribution in [3.63, 3.8) is 0 Å². The lowest BCUT2D eigenvalue weighted by Gasteiger charge is -2.44. The SMILES string of the molecule is CC1(C)CCC(C)(C)c2cc(N3c4cccc5c4B(c4ccccc4N5c4cccc5c4oc4ccccc45)c4sc5ccccc5c43)ccc21. The molecule has 0 fully saturated rings. The van der Waals surface area contributed by atoms with Crippen molar-refractivity contribution in [2.45, 2.75) is 51.4 Å². The van der Waals surface area contributed by atoms with Crippen molar-refractivity contribution in [3.05, 3.63) is 139 Å². The standard InChI is InChI=1S/C46H37BN2OS/c1-45(2)25-26-46(3,4)33-27-28(23-24-32(33)45)48-36-18-12-19-37-41(36)47(44-42(48)31-14-6-10-22-40(31)51-44)34-16-7-8-17-35(34)49(37)38-20-11-15-30-29-13-5-9-21-39(29)50-43(30)38/h5-24,27H,25-26H2,1-4H3. The van der Waals surface area contributed by atoms with E-state index >= 15 is 0 Å². The quantitative estimate of drug-likeness (QED) is 0.170. The average molecular weight is 677 g/mol. The fourth-order valence-corrected chi connectivity index (χ4v) is 10.8. The predicted molar refractivity (Wildman–Crippen MR) is 218 cm³/mol. The second-order valence-corrected chi connectivity index (χ2v) is 17.0. The van der Waals surface area contributed by atoms with Crippen LogP contribution in [0.25, 0.3) is 32.0 Å². The zero-order valence-corrected chi connectivity index (χ0v) is 30.1. The zero-order chi connectivity index (χ0) is 34.2. The highest BCUT2D eigenvalue weighted by atomic mass is 32.1. The molecule has 1 aliphatic carbocycles. The van der Waals surface area contributed by atoms with Crippen LogP contribution in [-0.2, 0) is 10.8 Å². The molecule has 2 aliphatic heterocycles. The zero-order valence-electron chi connectivity index (χ0n) is 29.3. The molecule has 0 N–H and O–H groups in total. The first-order valence-electron chi connectivity index (χ1n) is 18.2. The molecule has 8 aromatic rings. The molecule has 0 atom stereocenters. The highest BCUT2D eigenvalue weighted by molar-refractivity contribution is 7.33. The van der Waals surface area contributed by atoms with Gasteiger partial charge in [-0.2, -0.15) is 0 Å². The molecule has 0 radical (unpaired) electrons. The highest BCUT2D eigenvalue weighted by Gasteiger charge is 2.46. The molecule has 2 aromatic heterocycles. The number of hydrogen-bond donors (Lipinski definition) is 0. The van der Waals surface area contributed by atoms with Gasteiger partial charge in [-0.15, -0.1) is 11.3 Å². The van der Waals surface area contributed by atoms with Crippen LogP contribution in [-0.4, -0.2) is 6.71 Å². The van der Waals surface area contributed by atoms with E-state index < -0.39 is 0 Å². The van der Waals surface area contributed by atoms with E-state index in [0.717, 1.165) is 27.6 Å². The highest BCUT2D eigenvalue weighted by Crippen LogP contribution is 2.52. The number of para-hydroxylation sites is 3. The first-order chi connectivity index (χ1) is 24.8. The van der Waals surface area contributed by atoms with Crippen molar-refractivity contribution < 1.29 is 4.42 Å². The Hall–Kier alpha value is -5.26. The van der Waals surface area contributed by atoms with Crippen LogP contribution in [0.2, 0.25) is 0 Å². The maximum Gasteiger partial charge on any atom is 0.264 e. The summed E-state index contributed by atoms with van der Waals surface area (Å²) in [6.45, 7) is 9.80. The van der Waals surface area contributed by atoms with Crippen molar-refractivity contribution in [1.29, 1.82) is 0 Å². The number of hydrogen-bond acceptors (Lipinski definition) is 4. The largest absolute Gasteiger partial charge is 0.454 e. The van der Waals surface area contributed by atoms with Crippen LogP contribution in [0.5, 0.6) is 0 Å². The number of anilines is 6. The summed E-state index contributed by atoms with van der Waals surface area (Å²) in [4.78, 5) is 5.06. The maximum absolute atomic E-state index is 6.69. The van der Waals surface area contributed by atoms with Gasteiger partial charge in [-0.3, -0.25) is 0 Å². The van der Waals surface area contributed by atoms with Gasteiger partial charge in [0, 0.05) is 48.4 Å². The van der Waals surface area contributed by atoms with Gasteiger partial charge in [-0.05, 0) is 94.3 Å². The minimum absolute atomic E-state index is 0.107. The van der Waals surface area contributed by atoms with Gasteiger partial charge in [-0.25, -0.2) is 0 Å². The third kappa shape index (κ3) is 3.96. The number of thiophene rings is 1. The lowest BCUT2D eigenvalue weighted by molar-refractivity contribution is 0.332. The number of fused-ring (bicyclic) bond motifs is 10. The monoisotopic (exact) mass is 676 g/mol. The molecule has 0 amide bonds. The van der Waals surface area contributed by atoms with Crippen LogP contribution >= 0.6 is 11.3 Å². The maximum atomic E-state index is 6.69. The van der Waals surface area contributed by atoms with Crippen LogP contribution in [0.1, 0.15) is 51.7 Å². The first-order valence-corrected chi connectivity index (χ1v) is 19.0. The summed E-state index contributed by atoms with van der Waals surface area (Å²) in [5.41, 5.74) is 15.0. The van der Waals surface area contributed by atoms with E-state index in [1.165, 1.54) is 78.2 Å². The number of rotatable bonds is 2. The molecular weight excluding hydrogens is 639 g/mol. The number of benzene rings is 6. The topological polar surface area (TPSA) is 19.6 Å². The molecular formula is C46H37BN2OS. The predicted octanol–water partition coefficient (Wildman–Crippen LogP) is 11.2. The molecule has 246 valence electrons. The smallest absolute Gasteiger partial charge is 0.264 e. The number of nitrogens with zero attached hydrogens (tertiary/aromatic N) is 2. The lowest BCUT2D eigenvalue weighted by atomic mass is 9.36. The van der Waals surface area contributed by atoms with Crippen LogP contribution in [0, 0.1) is 0 Å². The van der Waals surface area contributed by atoms with E-state index in [1.54, 1.807) is 0 Å². The van der Waals surface area contributed by atoms with Gasteiger partial charge in [0.25, 0.3) is 6.71 Å². The van der Waals surface area contributed by atoms with Crippen molar-refractivity contribution in [2.75, 3.05) is 9.80 Å². The van der Waals surface area contributed by atoms with Crippen molar-refractivity contribution in [1.82, 2.24) is 0 Å². The average Bonchev–Trinajstić information content (AvgIpc) is 3.73. The number of furan rings is 1. The Balaban J connectivity index is 1.22. The van der Waals surface area contributed by atoms with Crippen LogP contribution < -0.4 is 25.5 Å². The molecule has 3 nitrogen and oxygen atoms in total. The summed E-state index contributed by atoms with van der Waals surface area (Å²) in [6.07, 6.45) is 2.39. The van der Waals surface area contributed by atoms with Crippen LogP contribution in [0.15, 0.2) is 132 Å². The van der Waals surface area contributed by atoms with Gasteiger partial charge in [-0.1, -0.05) is 107 Å². The van der Waals surface area contributed by atoms with Crippen LogP contribution in [0.3, 0.4) is 0 Å². The molecule has 0 bridgehead atoms. The molecule has 6 aromatic carbocycles. The summed E-state index contributed by atoms with van der Waals surface area (Å²) in [7, 11) is 0. The van der Waals surface area contributed by atoms with E-state index in [2.05, 4.69) is 165 Å². The summed E-state index contributed by atoms with van der Waals surface area (Å²) in [5, 5.41) is 3.60. The first kappa shape index (κ1) is 29.5. The van der Waals surface area contributed by atoms with Gasteiger partial charge in [0.1, 0.15) is 5.58 Å². The van der Waals surface area contributed by atoms with E-state index in [9.17, 15) is 0 Å². The minimum Gasteiger partial charge on any atom is -0.454 e. The van der Waals surface area contributed by atoms with E-state index in [4.69, 9.17) is 4.42 Å². The molecule has 0 unspecified atom stereocenters. The second-order valence-electron chi connectivity index (χ2n) is 15.9. The molecule has 11 rings (SSSR count). The third-order valence-corrected chi connectivity index (χ3v) is 13.3. The third-order valence-electron chi connectivity index (χ3n) is 12.1. The van der Waals surface area contributed by atoms with Crippen molar-refractivity contribution in [3.8, 4) is 0 Å². The van der Waals surface area contributed by atoms with Gasteiger partial charge in [0.15, 0.2) is 5.58 Å². The van der Waals surface area contributed by atoms with Crippen LogP contribution in [0.4, 0.5) is 34.1 Å². The van der Waals surface area contributed by atoms with E-state index in [0.29, 0.717) is 0 Å². The molecule has 5 heteroatoms. The lowest BCUT2D eigenvalue weighted by Crippen LogP contribution is -2.60. The molecule has 51 heavy (non-hydrogen) atoms. The Bertz CT molecular complexity index is 2750. The van der Waals surface area contributed by atoms with Gasteiger partial charge < -0.3 is 14.2 Å². The second kappa shape index (κ2) is 10.2. The summed E-state index contributed by atoms with van der Waals surface area (Å²) in [5.74, 6) is 0. The van der Waals surface area contributed by atoms with Gasteiger partial charge in [0.2, 0.25) is 0 Å². The Morgan fingerprint density at radius 3 is 2.10 bits per heavy atom. The van der Waals surface area contributed by atoms with Crippen molar-refractivity contribution >= 4 is 99.9 Å². The van der Waals surface area contributed by atoms with Gasteiger partial charge in [0.05, 0.1) is 11.4 Å². The Kier molecular flexibility index (Phi) is 5.88. The fourth-order valence-electron chi connectivity index (χ4n) is 9.47. The summed E-state index contributed by atoms with van der Waals surface area (Å²) < 4.78 is 9.42. The Morgan fingerprint density at radius 1 is 0.588 bits per heavy atom. The van der Waals surface area contributed by atoms with E-state index in [1.807, 2.05) is 11.3 Å². The minimum atomic E-state index is 0.107. The fraction of sp³-hybridized carbons (Fsp3) is 0.174. The molecule has 0 saturated carbocycles. The Morgan fingerprint density at radius 2 is 1.24 bits per heavy atom. The Labute approximate surface area is 302 Å².